The predicted molar refractivity (Wildman–Crippen MR) is 59.2 cm³/mol. The van der Waals surface area contributed by atoms with Crippen LogP contribution in [0.15, 0.2) is 18.2 Å². The Balaban J connectivity index is 0.000000980. The molecule has 0 fully saturated rings. The SMILES string of the molecule is CC1NCCc2c(C=O)cccc21.Cl. The van der Waals surface area contributed by atoms with Gasteiger partial charge in [0.2, 0.25) is 0 Å². The number of hydrogen-bond acceptors (Lipinski definition) is 2. The molecule has 0 amide bonds. The summed E-state index contributed by atoms with van der Waals surface area (Å²) in [5.41, 5.74) is 3.35. The third-order valence-electron chi connectivity index (χ3n) is 2.67. The Hall–Kier alpha value is -0.860. The number of hydrogen-bond donors (Lipinski definition) is 1. The van der Waals surface area contributed by atoms with Gasteiger partial charge in [-0.25, -0.2) is 0 Å². The molecule has 1 N–H and O–H groups in total. The summed E-state index contributed by atoms with van der Waals surface area (Å²) < 4.78 is 0. The maximum Gasteiger partial charge on any atom is 0.150 e. The fourth-order valence-corrected chi connectivity index (χ4v) is 1.95. The fraction of sp³-hybridized carbons (Fsp3) is 0.364. The van der Waals surface area contributed by atoms with E-state index in [4.69, 9.17) is 0 Å². The lowest BCUT2D eigenvalue weighted by atomic mass is 9.92. The lowest BCUT2D eigenvalue weighted by Crippen LogP contribution is -2.28. The number of fused-ring (bicyclic) bond motifs is 1. The first-order valence-electron chi connectivity index (χ1n) is 4.63. The van der Waals surface area contributed by atoms with Crippen molar-refractivity contribution >= 4 is 18.7 Å². The summed E-state index contributed by atoms with van der Waals surface area (Å²) in [6.07, 6.45) is 1.92. The first-order chi connectivity index (χ1) is 6.33. The Morgan fingerprint density at radius 2 is 2.29 bits per heavy atom. The van der Waals surface area contributed by atoms with E-state index in [1.165, 1.54) is 11.1 Å². The van der Waals surface area contributed by atoms with Crippen molar-refractivity contribution in [2.75, 3.05) is 6.54 Å². The predicted octanol–water partition coefficient (Wildman–Crippen LogP) is 2.13. The van der Waals surface area contributed by atoms with Crippen LogP contribution in [-0.2, 0) is 6.42 Å². The van der Waals surface area contributed by atoms with Crippen molar-refractivity contribution < 1.29 is 4.79 Å². The zero-order chi connectivity index (χ0) is 9.26. The van der Waals surface area contributed by atoms with Gasteiger partial charge in [-0.05, 0) is 31.0 Å². The van der Waals surface area contributed by atoms with E-state index in [-0.39, 0.29) is 12.4 Å². The van der Waals surface area contributed by atoms with Gasteiger partial charge in [-0.15, -0.1) is 12.4 Å². The molecule has 1 aliphatic heterocycles. The second-order valence-corrected chi connectivity index (χ2v) is 3.46. The number of benzene rings is 1. The summed E-state index contributed by atoms with van der Waals surface area (Å²) in [7, 11) is 0. The number of rotatable bonds is 1. The molecule has 76 valence electrons. The minimum absolute atomic E-state index is 0. The number of aldehydes is 1. The van der Waals surface area contributed by atoms with E-state index in [1.807, 2.05) is 12.1 Å². The van der Waals surface area contributed by atoms with Crippen molar-refractivity contribution in [3.63, 3.8) is 0 Å². The van der Waals surface area contributed by atoms with Gasteiger partial charge >= 0.3 is 0 Å². The second kappa shape index (κ2) is 4.58. The van der Waals surface area contributed by atoms with Gasteiger partial charge in [0.15, 0.2) is 0 Å². The maximum atomic E-state index is 10.8. The van der Waals surface area contributed by atoms with Gasteiger partial charge < -0.3 is 5.32 Å². The highest BCUT2D eigenvalue weighted by atomic mass is 35.5. The number of carbonyl (C=O) groups is 1. The third-order valence-corrected chi connectivity index (χ3v) is 2.67. The molecule has 0 saturated heterocycles. The molecular formula is C11H14ClNO. The number of nitrogens with one attached hydrogen (secondary N) is 1. The Morgan fingerprint density at radius 3 is 3.00 bits per heavy atom. The monoisotopic (exact) mass is 211 g/mol. The van der Waals surface area contributed by atoms with Crippen LogP contribution in [0.25, 0.3) is 0 Å². The third kappa shape index (κ3) is 1.81. The smallest absolute Gasteiger partial charge is 0.150 e. The Morgan fingerprint density at radius 1 is 1.50 bits per heavy atom. The molecular weight excluding hydrogens is 198 g/mol. The topological polar surface area (TPSA) is 29.1 Å². The summed E-state index contributed by atoms with van der Waals surface area (Å²) in [6, 6.07) is 6.32. The molecule has 2 rings (SSSR count). The van der Waals surface area contributed by atoms with E-state index < -0.39 is 0 Å². The lowest BCUT2D eigenvalue weighted by Gasteiger charge is -2.24. The van der Waals surface area contributed by atoms with E-state index in [9.17, 15) is 4.79 Å². The van der Waals surface area contributed by atoms with Crippen LogP contribution in [0, 0.1) is 0 Å². The molecule has 0 bridgehead atoms. The van der Waals surface area contributed by atoms with Crippen LogP contribution in [0.5, 0.6) is 0 Å². The Kier molecular flexibility index (Phi) is 3.67. The van der Waals surface area contributed by atoms with Crippen LogP contribution < -0.4 is 5.32 Å². The van der Waals surface area contributed by atoms with Crippen LogP contribution in [0.2, 0.25) is 0 Å². The first kappa shape index (κ1) is 11.2. The highest BCUT2D eigenvalue weighted by Gasteiger charge is 2.17. The van der Waals surface area contributed by atoms with Gasteiger partial charge in [0, 0.05) is 11.6 Å². The molecule has 14 heavy (non-hydrogen) atoms. The second-order valence-electron chi connectivity index (χ2n) is 3.46. The van der Waals surface area contributed by atoms with Crippen molar-refractivity contribution in [2.45, 2.75) is 19.4 Å². The molecule has 1 unspecified atom stereocenters. The minimum atomic E-state index is 0. The van der Waals surface area contributed by atoms with Gasteiger partial charge in [0.05, 0.1) is 0 Å². The zero-order valence-corrected chi connectivity index (χ0v) is 8.93. The van der Waals surface area contributed by atoms with Gasteiger partial charge in [0.1, 0.15) is 6.29 Å². The Bertz CT molecular complexity index is 338. The summed E-state index contributed by atoms with van der Waals surface area (Å²) in [6.45, 7) is 3.10. The summed E-state index contributed by atoms with van der Waals surface area (Å²) in [4.78, 5) is 10.8. The van der Waals surface area contributed by atoms with Crippen molar-refractivity contribution in [3.8, 4) is 0 Å². The molecule has 3 heteroatoms. The number of halogens is 1. The van der Waals surface area contributed by atoms with Crippen molar-refractivity contribution in [2.24, 2.45) is 0 Å². The molecule has 2 nitrogen and oxygen atoms in total. The molecule has 0 aromatic heterocycles. The molecule has 0 spiro atoms. The largest absolute Gasteiger partial charge is 0.310 e. The van der Waals surface area contributed by atoms with E-state index >= 15 is 0 Å². The normalized spacial score (nSPS) is 19.4. The summed E-state index contributed by atoms with van der Waals surface area (Å²) in [5, 5.41) is 3.37. The van der Waals surface area contributed by atoms with E-state index in [0.29, 0.717) is 6.04 Å². The first-order valence-corrected chi connectivity index (χ1v) is 4.63. The van der Waals surface area contributed by atoms with Crippen molar-refractivity contribution in [3.05, 3.63) is 34.9 Å². The molecule has 0 radical (unpaired) electrons. The van der Waals surface area contributed by atoms with Crippen molar-refractivity contribution in [1.29, 1.82) is 0 Å². The molecule has 1 aliphatic rings. The highest BCUT2D eigenvalue weighted by molar-refractivity contribution is 5.85. The molecule has 1 atom stereocenters. The van der Waals surface area contributed by atoms with Crippen molar-refractivity contribution in [1.82, 2.24) is 5.32 Å². The summed E-state index contributed by atoms with van der Waals surface area (Å²) in [5.74, 6) is 0. The molecule has 0 saturated carbocycles. The van der Waals surface area contributed by atoms with Crippen LogP contribution in [-0.4, -0.2) is 12.8 Å². The van der Waals surface area contributed by atoms with E-state index in [2.05, 4.69) is 18.3 Å². The molecule has 1 aromatic carbocycles. The average Bonchev–Trinajstić information content (AvgIpc) is 2.18. The molecule has 1 aromatic rings. The van der Waals surface area contributed by atoms with Crippen LogP contribution in [0.4, 0.5) is 0 Å². The highest BCUT2D eigenvalue weighted by Crippen LogP contribution is 2.24. The van der Waals surface area contributed by atoms with E-state index in [0.717, 1.165) is 24.8 Å². The molecule has 1 heterocycles. The van der Waals surface area contributed by atoms with Gasteiger partial charge in [0.25, 0.3) is 0 Å². The van der Waals surface area contributed by atoms with Crippen LogP contribution in [0.1, 0.15) is 34.5 Å². The standard InChI is InChI=1S/C11H13NO.ClH/c1-8-10-4-2-3-9(7-13)11(10)5-6-12-8;/h2-4,7-8,12H,5-6H2,1H3;1H. The zero-order valence-electron chi connectivity index (χ0n) is 8.12. The van der Waals surface area contributed by atoms with Gasteiger partial charge in [-0.1, -0.05) is 18.2 Å². The van der Waals surface area contributed by atoms with E-state index in [1.54, 1.807) is 0 Å². The lowest BCUT2D eigenvalue weighted by molar-refractivity contribution is 0.112. The van der Waals surface area contributed by atoms with Crippen LogP contribution in [0.3, 0.4) is 0 Å². The fourth-order valence-electron chi connectivity index (χ4n) is 1.95. The molecule has 0 aliphatic carbocycles. The quantitative estimate of drug-likeness (QED) is 0.722. The summed E-state index contributed by atoms with van der Waals surface area (Å²) >= 11 is 0. The minimum Gasteiger partial charge on any atom is -0.310 e. The van der Waals surface area contributed by atoms with Crippen LogP contribution >= 0.6 is 12.4 Å². The van der Waals surface area contributed by atoms with Gasteiger partial charge in [-0.2, -0.15) is 0 Å². The average molecular weight is 212 g/mol. The van der Waals surface area contributed by atoms with Gasteiger partial charge in [-0.3, -0.25) is 4.79 Å². The maximum absolute atomic E-state index is 10.8. The Labute approximate surface area is 90.1 Å². The number of carbonyl (C=O) groups excluding carboxylic acids is 1.